The van der Waals surface area contributed by atoms with Crippen molar-refractivity contribution in [1.29, 1.82) is 0 Å². The average molecular weight is 300 g/mol. The minimum Gasteiger partial charge on any atom is -0.493 e. The maximum Gasteiger partial charge on any atom is 0.120 e. The Morgan fingerprint density at radius 1 is 1.47 bits per heavy atom. The predicted octanol–water partition coefficient (Wildman–Crippen LogP) is 2.33. The molecule has 1 atom stereocenters. The molecule has 1 aromatic carbocycles. The number of aliphatic hydroxyl groups excluding tert-OH is 1. The lowest BCUT2D eigenvalue weighted by molar-refractivity contribution is 0.146. The number of hydrogen-bond donors (Lipinski definition) is 2. The molecule has 0 aliphatic carbocycles. The van der Waals surface area contributed by atoms with Crippen LogP contribution >= 0.6 is 15.9 Å². The molecular weight excluding hydrogens is 282 g/mol. The molecule has 1 aliphatic rings. The highest BCUT2D eigenvalue weighted by atomic mass is 79.9. The molecule has 17 heavy (non-hydrogen) atoms. The molecule has 1 aliphatic heterocycles. The Balaban J connectivity index is 1.82. The summed E-state index contributed by atoms with van der Waals surface area (Å²) in [6, 6.07) is 7.82. The van der Waals surface area contributed by atoms with Gasteiger partial charge in [-0.3, -0.25) is 0 Å². The fourth-order valence-corrected chi connectivity index (χ4v) is 2.60. The van der Waals surface area contributed by atoms with Crippen LogP contribution in [0.3, 0.4) is 0 Å². The highest BCUT2D eigenvalue weighted by molar-refractivity contribution is 9.10. The van der Waals surface area contributed by atoms with Crippen molar-refractivity contribution in [3.05, 3.63) is 28.7 Å². The highest BCUT2D eigenvalue weighted by Gasteiger charge is 2.32. The highest BCUT2D eigenvalue weighted by Crippen LogP contribution is 2.23. The largest absolute Gasteiger partial charge is 0.493 e. The molecule has 94 valence electrons. The zero-order valence-electron chi connectivity index (χ0n) is 9.79. The van der Waals surface area contributed by atoms with Crippen LogP contribution in [0.5, 0.6) is 5.75 Å². The van der Waals surface area contributed by atoms with E-state index in [1.807, 2.05) is 24.3 Å². The first-order valence-electron chi connectivity index (χ1n) is 5.98. The van der Waals surface area contributed by atoms with E-state index in [1.165, 1.54) is 0 Å². The third kappa shape index (κ3) is 3.44. The summed E-state index contributed by atoms with van der Waals surface area (Å²) in [6.07, 6.45) is 3.01. The number of hydrogen-bond acceptors (Lipinski definition) is 3. The van der Waals surface area contributed by atoms with E-state index in [2.05, 4.69) is 21.2 Å². The first kappa shape index (κ1) is 12.9. The second kappa shape index (κ2) is 5.85. The SMILES string of the molecule is OCC1(CCOc2cccc(Br)c2)CCCN1. The molecule has 2 rings (SSSR count). The molecule has 0 saturated carbocycles. The fourth-order valence-electron chi connectivity index (χ4n) is 2.22. The topological polar surface area (TPSA) is 41.5 Å². The van der Waals surface area contributed by atoms with Gasteiger partial charge < -0.3 is 15.2 Å². The van der Waals surface area contributed by atoms with Crippen molar-refractivity contribution in [2.75, 3.05) is 19.8 Å². The van der Waals surface area contributed by atoms with Crippen LogP contribution in [0.2, 0.25) is 0 Å². The summed E-state index contributed by atoms with van der Waals surface area (Å²) in [5.74, 6) is 0.866. The molecule has 1 aromatic rings. The van der Waals surface area contributed by atoms with E-state index in [-0.39, 0.29) is 12.1 Å². The van der Waals surface area contributed by atoms with Gasteiger partial charge in [-0.1, -0.05) is 22.0 Å². The quantitative estimate of drug-likeness (QED) is 0.877. The van der Waals surface area contributed by atoms with Gasteiger partial charge in [-0.05, 0) is 37.6 Å². The van der Waals surface area contributed by atoms with Gasteiger partial charge in [-0.15, -0.1) is 0 Å². The Kier molecular flexibility index (Phi) is 4.42. The van der Waals surface area contributed by atoms with E-state index < -0.39 is 0 Å². The summed E-state index contributed by atoms with van der Waals surface area (Å²) >= 11 is 3.41. The van der Waals surface area contributed by atoms with Crippen LogP contribution in [-0.4, -0.2) is 30.4 Å². The minimum absolute atomic E-state index is 0.119. The smallest absolute Gasteiger partial charge is 0.120 e. The molecule has 1 heterocycles. The van der Waals surface area contributed by atoms with Crippen molar-refractivity contribution in [2.45, 2.75) is 24.8 Å². The third-order valence-corrected chi connectivity index (χ3v) is 3.77. The summed E-state index contributed by atoms with van der Waals surface area (Å²) in [7, 11) is 0. The van der Waals surface area contributed by atoms with E-state index >= 15 is 0 Å². The van der Waals surface area contributed by atoms with E-state index in [9.17, 15) is 5.11 Å². The van der Waals surface area contributed by atoms with Crippen molar-refractivity contribution < 1.29 is 9.84 Å². The standard InChI is InChI=1S/C13H18BrNO2/c14-11-3-1-4-12(9-11)17-8-6-13(10-16)5-2-7-15-13/h1,3-4,9,15-16H,2,5-8,10H2. The Bertz CT molecular complexity index is 364. The van der Waals surface area contributed by atoms with Gasteiger partial charge in [0.25, 0.3) is 0 Å². The lowest BCUT2D eigenvalue weighted by Crippen LogP contribution is -2.44. The van der Waals surface area contributed by atoms with Crippen LogP contribution < -0.4 is 10.1 Å². The van der Waals surface area contributed by atoms with Crippen LogP contribution in [0.15, 0.2) is 28.7 Å². The van der Waals surface area contributed by atoms with E-state index in [4.69, 9.17) is 4.74 Å². The normalized spacial score (nSPS) is 23.9. The number of nitrogens with one attached hydrogen (secondary N) is 1. The van der Waals surface area contributed by atoms with E-state index in [0.717, 1.165) is 36.0 Å². The van der Waals surface area contributed by atoms with Crippen LogP contribution in [0, 0.1) is 0 Å². The minimum atomic E-state index is -0.119. The Hall–Kier alpha value is -0.580. The first-order chi connectivity index (χ1) is 8.24. The summed E-state index contributed by atoms with van der Waals surface area (Å²) < 4.78 is 6.71. The summed E-state index contributed by atoms with van der Waals surface area (Å²) in [5.41, 5.74) is -0.119. The molecule has 0 radical (unpaired) electrons. The van der Waals surface area contributed by atoms with Gasteiger partial charge in [0.2, 0.25) is 0 Å². The van der Waals surface area contributed by atoms with Crippen LogP contribution in [0.4, 0.5) is 0 Å². The lowest BCUT2D eigenvalue weighted by Gasteiger charge is -2.26. The molecule has 3 nitrogen and oxygen atoms in total. The zero-order valence-corrected chi connectivity index (χ0v) is 11.4. The maximum atomic E-state index is 9.43. The van der Waals surface area contributed by atoms with Crippen molar-refractivity contribution in [3.8, 4) is 5.75 Å². The Morgan fingerprint density at radius 3 is 3.00 bits per heavy atom. The van der Waals surface area contributed by atoms with Gasteiger partial charge >= 0.3 is 0 Å². The summed E-state index contributed by atoms with van der Waals surface area (Å²) in [5, 5.41) is 12.8. The van der Waals surface area contributed by atoms with Crippen molar-refractivity contribution in [3.63, 3.8) is 0 Å². The van der Waals surface area contributed by atoms with Gasteiger partial charge in [-0.2, -0.15) is 0 Å². The van der Waals surface area contributed by atoms with Gasteiger partial charge in [0.05, 0.1) is 13.2 Å². The monoisotopic (exact) mass is 299 g/mol. The van der Waals surface area contributed by atoms with Gasteiger partial charge in [-0.25, -0.2) is 0 Å². The zero-order chi connectivity index (χ0) is 12.1. The van der Waals surface area contributed by atoms with Crippen molar-refractivity contribution in [2.24, 2.45) is 0 Å². The molecule has 1 unspecified atom stereocenters. The average Bonchev–Trinajstić information content (AvgIpc) is 2.79. The van der Waals surface area contributed by atoms with Crippen LogP contribution in [0.1, 0.15) is 19.3 Å². The predicted molar refractivity (Wildman–Crippen MR) is 71.3 cm³/mol. The molecule has 1 fully saturated rings. The van der Waals surface area contributed by atoms with Crippen molar-refractivity contribution >= 4 is 15.9 Å². The maximum absolute atomic E-state index is 9.43. The van der Waals surface area contributed by atoms with E-state index in [0.29, 0.717) is 6.61 Å². The molecule has 2 N–H and O–H groups in total. The molecule has 0 spiro atoms. The first-order valence-corrected chi connectivity index (χ1v) is 6.78. The fraction of sp³-hybridized carbons (Fsp3) is 0.538. The van der Waals surface area contributed by atoms with Crippen molar-refractivity contribution in [1.82, 2.24) is 5.32 Å². The Labute approximate surface area is 110 Å². The molecule has 0 amide bonds. The number of halogens is 1. The number of rotatable bonds is 5. The van der Waals surface area contributed by atoms with Gasteiger partial charge in [0, 0.05) is 16.4 Å². The molecular formula is C13H18BrNO2. The summed E-state index contributed by atoms with van der Waals surface area (Å²) in [4.78, 5) is 0. The molecule has 4 heteroatoms. The van der Waals surface area contributed by atoms with Crippen LogP contribution in [-0.2, 0) is 0 Å². The van der Waals surface area contributed by atoms with Crippen LogP contribution in [0.25, 0.3) is 0 Å². The molecule has 0 aromatic heterocycles. The van der Waals surface area contributed by atoms with Gasteiger partial charge in [0.15, 0.2) is 0 Å². The molecule has 0 bridgehead atoms. The third-order valence-electron chi connectivity index (χ3n) is 3.28. The second-order valence-electron chi connectivity index (χ2n) is 4.52. The summed E-state index contributed by atoms with van der Waals surface area (Å²) in [6.45, 7) is 1.82. The lowest BCUT2D eigenvalue weighted by atomic mass is 9.95. The van der Waals surface area contributed by atoms with E-state index in [1.54, 1.807) is 0 Å². The van der Waals surface area contributed by atoms with Gasteiger partial charge in [0.1, 0.15) is 5.75 Å². The second-order valence-corrected chi connectivity index (χ2v) is 5.44. The number of ether oxygens (including phenoxy) is 1. The number of benzene rings is 1. The number of aliphatic hydroxyl groups is 1. The Morgan fingerprint density at radius 2 is 2.35 bits per heavy atom. The molecule has 1 saturated heterocycles.